The van der Waals surface area contributed by atoms with Crippen LogP contribution in [0.4, 0.5) is 20.4 Å². The van der Waals surface area contributed by atoms with Crippen molar-refractivity contribution in [2.75, 3.05) is 24.2 Å². The van der Waals surface area contributed by atoms with E-state index in [9.17, 15) is 17.6 Å². The van der Waals surface area contributed by atoms with E-state index < -0.39 is 43.4 Å². The number of aryl methyl sites for hydroxylation is 1. The van der Waals surface area contributed by atoms with Crippen LogP contribution in [0.5, 0.6) is 5.88 Å². The maximum absolute atomic E-state index is 15.5. The minimum absolute atomic E-state index is 0.00486. The molecule has 0 fully saturated rings. The molecule has 0 saturated carbocycles. The van der Waals surface area contributed by atoms with Crippen LogP contribution in [0, 0.1) is 11.6 Å². The van der Waals surface area contributed by atoms with Crippen molar-refractivity contribution in [3.05, 3.63) is 63.7 Å². The van der Waals surface area contributed by atoms with Gasteiger partial charge in [-0.1, -0.05) is 11.6 Å². The number of ether oxygens (including phenoxy) is 1. The molecule has 182 valence electrons. The van der Waals surface area contributed by atoms with E-state index in [1.807, 2.05) is 4.72 Å². The number of hydrogen-bond donors (Lipinski definition) is 2. The van der Waals surface area contributed by atoms with Crippen LogP contribution in [0.25, 0.3) is 22.2 Å². The van der Waals surface area contributed by atoms with E-state index in [4.69, 9.17) is 16.3 Å². The van der Waals surface area contributed by atoms with E-state index in [-0.39, 0.29) is 28.1 Å². The van der Waals surface area contributed by atoms with Crippen LogP contribution in [0.1, 0.15) is 0 Å². The molecular formula is C21H17ClF2N6O4S. The second-order valence-corrected chi connectivity index (χ2v) is 9.28. The van der Waals surface area contributed by atoms with E-state index in [1.54, 1.807) is 7.05 Å². The molecule has 0 aliphatic heterocycles. The first-order valence-electron chi connectivity index (χ1n) is 9.82. The van der Waals surface area contributed by atoms with Crippen LogP contribution in [0.2, 0.25) is 5.02 Å². The zero-order valence-corrected chi connectivity index (χ0v) is 20.0. The molecule has 0 saturated heterocycles. The van der Waals surface area contributed by atoms with Gasteiger partial charge in [0.1, 0.15) is 11.5 Å². The Kier molecular flexibility index (Phi) is 6.30. The third-order valence-corrected chi connectivity index (χ3v) is 6.61. The van der Waals surface area contributed by atoms with Gasteiger partial charge in [0.15, 0.2) is 10.7 Å². The summed E-state index contributed by atoms with van der Waals surface area (Å²) in [4.78, 5) is 24.6. The van der Waals surface area contributed by atoms with Gasteiger partial charge in [-0.15, -0.1) is 0 Å². The molecule has 10 nitrogen and oxygen atoms in total. The van der Waals surface area contributed by atoms with E-state index in [0.29, 0.717) is 5.39 Å². The fraction of sp³-hybridized carbons (Fsp3) is 0.143. The molecule has 0 aliphatic rings. The molecule has 35 heavy (non-hydrogen) atoms. The smallest absolute Gasteiger partial charge is 0.267 e. The highest BCUT2D eigenvalue weighted by molar-refractivity contribution is 7.92. The molecule has 0 unspecified atom stereocenters. The summed E-state index contributed by atoms with van der Waals surface area (Å²) in [6.07, 6.45) is 2.56. The first-order chi connectivity index (χ1) is 16.6. The zero-order chi connectivity index (χ0) is 25.5. The average molecular weight is 523 g/mol. The van der Waals surface area contributed by atoms with Crippen molar-refractivity contribution in [3.63, 3.8) is 0 Å². The minimum Gasteiger partial charge on any atom is -0.480 e. The van der Waals surface area contributed by atoms with Crippen molar-refractivity contribution in [1.82, 2.24) is 19.5 Å². The van der Waals surface area contributed by atoms with Crippen molar-refractivity contribution in [1.29, 1.82) is 0 Å². The van der Waals surface area contributed by atoms with Crippen LogP contribution < -0.4 is 20.3 Å². The van der Waals surface area contributed by atoms with E-state index in [1.165, 1.54) is 32.6 Å². The summed E-state index contributed by atoms with van der Waals surface area (Å²) in [6.45, 7) is 0. The summed E-state index contributed by atoms with van der Waals surface area (Å²) in [5, 5.41) is 3.07. The van der Waals surface area contributed by atoms with Crippen molar-refractivity contribution < 1.29 is 21.9 Å². The number of nitrogens with zero attached hydrogens (tertiary/aromatic N) is 4. The van der Waals surface area contributed by atoms with Crippen LogP contribution in [-0.4, -0.2) is 42.1 Å². The maximum atomic E-state index is 15.5. The molecule has 0 atom stereocenters. The van der Waals surface area contributed by atoms with Crippen molar-refractivity contribution in [2.45, 2.75) is 4.90 Å². The summed E-state index contributed by atoms with van der Waals surface area (Å²) in [5.74, 6) is -2.41. The molecular weight excluding hydrogens is 506 g/mol. The van der Waals surface area contributed by atoms with Gasteiger partial charge < -0.3 is 10.1 Å². The van der Waals surface area contributed by atoms with Gasteiger partial charge in [-0.2, -0.15) is 4.98 Å². The summed E-state index contributed by atoms with van der Waals surface area (Å²) >= 11 is 5.85. The summed E-state index contributed by atoms with van der Waals surface area (Å²) in [5.41, 5.74) is -2.19. The van der Waals surface area contributed by atoms with Gasteiger partial charge >= 0.3 is 0 Å². The van der Waals surface area contributed by atoms with Gasteiger partial charge in [-0.25, -0.2) is 27.2 Å². The largest absolute Gasteiger partial charge is 0.480 e. The number of nitrogens with one attached hydrogen (secondary N) is 2. The number of methoxy groups -OCH3 is 1. The van der Waals surface area contributed by atoms with Gasteiger partial charge in [0.2, 0.25) is 11.8 Å². The Hall–Kier alpha value is -3.84. The lowest BCUT2D eigenvalue weighted by Gasteiger charge is -2.15. The molecule has 0 spiro atoms. The molecule has 0 aliphatic carbocycles. The number of sulfonamides is 1. The predicted molar refractivity (Wildman–Crippen MR) is 126 cm³/mol. The number of pyridine rings is 2. The number of anilines is 2. The minimum atomic E-state index is -4.47. The lowest BCUT2D eigenvalue weighted by atomic mass is 10.0. The number of halogens is 3. The van der Waals surface area contributed by atoms with Gasteiger partial charge in [-0.05, 0) is 24.3 Å². The van der Waals surface area contributed by atoms with Crippen LogP contribution in [0.3, 0.4) is 0 Å². The Balaban J connectivity index is 1.87. The molecule has 3 heterocycles. The van der Waals surface area contributed by atoms with Crippen LogP contribution >= 0.6 is 11.6 Å². The first-order valence-corrected chi connectivity index (χ1v) is 11.7. The lowest BCUT2D eigenvalue weighted by Crippen LogP contribution is -2.21. The van der Waals surface area contributed by atoms with Crippen molar-refractivity contribution in [2.24, 2.45) is 7.05 Å². The molecule has 14 heteroatoms. The van der Waals surface area contributed by atoms with E-state index in [0.717, 1.165) is 22.8 Å². The maximum Gasteiger partial charge on any atom is 0.267 e. The third-order valence-electron chi connectivity index (χ3n) is 5.04. The quantitative estimate of drug-likeness (QED) is 0.395. The molecule has 4 rings (SSSR count). The van der Waals surface area contributed by atoms with Gasteiger partial charge in [0, 0.05) is 31.9 Å². The monoisotopic (exact) mass is 522 g/mol. The van der Waals surface area contributed by atoms with E-state index in [2.05, 4.69) is 20.3 Å². The predicted octanol–water partition coefficient (Wildman–Crippen LogP) is 3.17. The Morgan fingerprint density at radius 3 is 2.57 bits per heavy atom. The number of benzene rings is 1. The standard InChI is InChI=1S/C21H17ClF2N6O4S/c1-25-21-27-8-10-6-12(20(31)30(2)18(10)28-21)16-13(23)4-5-14(17(16)24)29-35(32,33)15-7-11(22)9-26-19(15)34-3/h4-9,29H,1-3H3,(H,25,27,28). The molecule has 4 aromatic rings. The summed E-state index contributed by atoms with van der Waals surface area (Å²) < 4.78 is 64.3. The topological polar surface area (TPSA) is 128 Å². The lowest BCUT2D eigenvalue weighted by molar-refractivity contribution is 0.385. The Morgan fingerprint density at radius 1 is 1.14 bits per heavy atom. The second-order valence-electron chi connectivity index (χ2n) is 7.20. The SMILES string of the molecule is CNc1ncc2cc(-c3c(F)ccc(NS(=O)(=O)c4cc(Cl)cnc4OC)c3F)c(=O)n(C)c2n1. The highest BCUT2D eigenvalue weighted by Crippen LogP contribution is 2.33. The number of aromatic nitrogens is 4. The highest BCUT2D eigenvalue weighted by Gasteiger charge is 2.26. The highest BCUT2D eigenvalue weighted by atomic mass is 35.5. The fourth-order valence-electron chi connectivity index (χ4n) is 3.38. The van der Waals surface area contributed by atoms with Crippen molar-refractivity contribution in [3.8, 4) is 17.0 Å². The van der Waals surface area contributed by atoms with Crippen LogP contribution in [-0.2, 0) is 17.1 Å². The molecule has 0 amide bonds. The third kappa shape index (κ3) is 4.35. The van der Waals surface area contributed by atoms with Gasteiger partial charge in [0.25, 0.3) is 15.6 Å². The van der Waals surface area contributed by atoms with E-state index >= 15 is 4.39 Å². The summed E-state index contributed by atoms with van der Waals surface area (Å²) in [7, 11) is -0.282. The second kappa shape index (κ2) is 9.07. The number of hydrogen-bond acceptors (Lipinski definition) is 8. The van der Waals surface area contributed by atoms with Crippen molar-refractivity contribution >= 4 is 44.3 Å². The fourth-order valence-corrected chi connectivity index (χ4v) is 4.81. The molecule has 1 aromatic carbocycles. The summed E-state index contributed by atoms with van der Waals surface area (Å²) in [6, 6.07) is 4.04. The Labute approximate surface area is 202 Å². The van der Waals surface area contributed by atoms with Gasteiger partial charge in [-0.3, -0.25) is 14.1 Å². The van der Waals surface area contributed by atoms with Gasteiger partial charge in [0.05, 0.1) is 28.9 Å². The first kappa shape index (κ1) is 24.3. The average Bonchev–Trinajstić information content (AvgIpc) is 2.83. The van der Waals surface area contributed by atoms with Crippen LogP contribution in [0.15, 0.2) is 46.3 Å². The molecule has 2 N–H and O–H groups in total. The normalized spacial score (nSPS) is 11.5. The Morgan fingerprint density at radius 2 is 1.89 bits per heavy atom. The molecule has 3 aromatic heterocycles. The number of fused-ring (bicyclic) bond motifs is 1. The molecule has 0 bridgehead atoms. The zero-order valence-electron chi connectivity index (χ0n) is 18.4. The molecule has 0 radical (unpaired) electrons. The Bertz CT molecular complexity index is 1650. The number of rotatable bonds is 6.